The summed E-state index contributed by atoms with van der Waals surface area (Å²) in [7, 11) is -1.56. The Morgan fingerprint density at radius 3 is 2.40 bits per heavy atom. The first-order valence-corrected chi connectivity index (χ1v) is 8.20. The van der Waals surface area contributed by atoms with Crippen molar-refractivity contribution >= 4 is 34.0 Å². The highest BCUT2D eigenvalue weighted by Crippen LogP contribution is 2.27. The molecule has 1 aliphatic rings. The van der Waals surface area contributed by atoms with Gasteiger partial charge in [0.1, 0.15) is 4.90 Å². The monoisotopic (exact) mass is 338 g/mol. The van der Waals surface area contributed by atoms with E-state index in [0.717, 1.165) is 18.4 Å². The third-order valence-electron chi connectivity index (χ3n) is 3.57. The third-order valence-corrected chi connectivity index (χ3v) is 5.95. The van der Waals surface area contributed by atoms with E-state index in [1.54, 1.807) is 18.2 Å². The summed E-state index contributed by atoms with van der Waals surface area (Å²) in [6.45, 7) is 2.97. The summed E-state index contributed by atoms with van der Waals surface area (Å²) >= 11 is 6.07. The maximum Gasteiger partial charge on any atom is 0.244 e. The van der Waals surface area contributed by atoms with Gasteiger partial charge in [-0.05, 0) is 44.5 Å². The fraction of sp³-hybridized carbons (Fsp3) is 0.538. The first kappa shape index (κ1) is 17.7. The van der Waals surface area contributed by atoms with E-state index in [0.29, 0.717) is 24.2 Å². The highest BCUT2D eigenvalue weighted by Gasteiger charge is 2.30. The van der Waals surface area contributed by atoms with Crippen molar-refractivity contribution in [2.24, 2.45) is 0 Å². The summed E-state index contributed by atoms with van der Waals surface area (Å²) in [5.74, 6) is 0. The molecule has 0 bridgehead atoms. The van der Waals surface area contributed by atoms with Crippen molar-refractivity contribution in [2.45, 2.75) is 30.7 Å². The number of aryl methyl sites for hydroxylation is 1. The molecule has 2 rings (SSSR count). The second-order valence-electron chi connectivity index (χ2n) is 4.90. The summed E-state index contributed by atoms with van der Waals surface area (Å²) in [5.41, 5.74) is 0.956. The van der Waals surface area contributed by atoms with Crippen molar-refractivity contribution in [1.29, 1.82) is 0 Å². The van der Waals surface area contributed by atoms with Crippen LogP contribution in [-0.2, 0) is 10.0 Å². The molecule has 1 aliphatic heterocycles. The number of sulfonamides is 1. The predicted molar refractivity (Wildman–Crippen MR) is 84.3 cm³/mol. The molecular formula is C13H20Cl2N2O2S. The van der Waals surface area contributed by atoms with E-state index >= 15 is 0 Å². The molecule has 0 radical (unpaired) electrons. The number of nitrogens with zero attached hydrogens (tertiary/aromatic N) is 1. The van der Waals surface area contributed by atoms with Gasteiger partial charge in [0.25, 0.3) is 0 Å². The van der Waals surface area contributed by atoms with Crippen LogP contribution in [0.1, 0.15) is 18.4 Å². The molecule has 0 spiro atoms. The lowest BCUT2D eigenvalue weighted by Gasteiger charge is -2.31. The molecule has 0 saturated carbocycles. The van der Waals surface area contributed by atoms with Gasteiger partial charge in [-0.1, -0.05) is 17.7 Å². The molecule has 4 nitrogen and oxygen atoms in total. The zero-order valence-electron chi connectivity index (χ0n) is 11.6. The van der Waals surface area contributed by atoms with Gasteiger partial charge in [-0.25, -0.2) is 8.42 Å². The van der Waals surface area contributed by atoms with Crippen molar-refractivity contribution in [2.75, 3.05) is 20.1 Å². The topological polar surface area (TPSA) is 49.4 Å². The molecule has 0 aliphatic carbocycles. The van der Waals surface area contributed by atoms with Gasteiger partial charge in [0.2, 0.25) is 10.0 Å². The van der Waals surface area contributed by atoms with E-state index in [4.69, 9.17) is 11.6 Å². The number of hydrogen-bond donors (Lipinski definition) is 1. The first-order chi connectivity index (χ1) is 8.95. The quantitative estimate of drug-likeness (QED) is 0.920. The van der Waals surface area contributed by atoms with Crippen LogP contribution in [0, 0.1) is 6.92 Å². The fourth-order valence-corrected chi connectivity index (χ4v) is 4.38. The van der Waals surface area contributed by atoms with Gasteiger partial charge >= 0.3 is 0 Å². The average Bonchev–Trinajstić information content (AvgIpc) is 2.38. The molecule has 20 heavy (non-hydrogen) atoms. The molecule has 1 aromatic rings. The third kappa shape index (κ3) is 3.65. The summed E-state index contributed by atoms with van der Waals surface area (Å²) in [4.78, 5) is 0.211. The summed E-state index contributed by atoms with van der Waals surface area (Å²) in [5, 5.41) is 3.49. The van der Waals surface area contributed by atoms with E-state index in [-0.39, 0.29) is 17.3 Å². The van der Waals surface area contributed by atoms with Crippen LogP contribution >= 0.6 is 24.0 Å². The number of piperidine rings is 1. The van der Waals surface area contributed by atoms with E-state index in [2.05, 4.69) is 5.32 Å². The van der Waals surface area contributed by atoms with Crippen LogP contribution in [0.25, 0.3) is 0 Å². The van der Waals surface area contributed by atoms with Gasteiger partial charge in [0.15, 0.2) is 0 Å². The maximum absolute atomic E-state index is 12.5. The fourth-order valence-electron chi connectivity index (χ4n) is 2.34. The van der Waals surface area contributed by atoms with Crippen molar-refractivity contribution < 1.29 is 8.42 Å². The largest absolute Gasteiger partial charge is 0.317 e. The van der Waals surface area contributed by atoms with Crippen LogP contribution in [0.2, 0.25) is 5.02 Å². The Morgan fingerprint density at radius 1 is 1.30 bits per heavy atom. The Balaban J connectivity index is 0.00000200. The smallest absolute Gasteiger partial charge is 0.244 e. The van der Waals surface area contributed by atoms with Gasteiger partial charge in [-0.2, -0.15) is 4.31 Å². The van der Waals surface area contributed by atoms with Gasteiger partial charge in [0, 0.05) is 19.1 Å². The standard InChI is InChI=1S/C13H19ClN2O2S.ClH/c1-10-3-4-13(12(14)9-10)19(17,18)16-7-5-11(15-2)6-8-16;/h3-4,9,11,15H,5-8H2,1-2H3;1H. The van der Waals surface area contributed by atoms with E-state index in [9.17, 15) is 8.42 Å². The predicted octanol–water partition coefficient (Wildman–Crippen LogP) is 2.44. The molecule has 1 aromatic carbocycles. The SMILES string of the molecule is CNC1CCN(S(=O)(=O)c2ccc(C)cc2Cl)CC1.Cl. The molecule has 0 aromatic heterocycles. The molecule has 0 unspecified atom stereocenters. The molecule has 7 heteroatoms. The maximum atomic E-state index is 12.5. The van der Waals surface area contributed by atoms with Crippen LogP contribution in [0.15, 0.2) is 23.1 Å². The van der Waals surface area contributed by atoms with Crippen LogP contribution in [0.3, 0.4) is 0 Å². The Hall–Kier alpha value is -0.330. The molecule has 1 N–H and O–H groups in total. The summed E-state index contributed by atoms with van der Waals surface area (Å²) < 4.78 is 26.6. The lowest BCUT2D eigenvalue weighted by atomic mass is 10.1. The van der Waals surface area contributed by atoms with Crippen molar-refractivity contribution in [3.63, 3.8) is 0 Å². The number of nitrogens with one attached hydrogen (secondary N) is 1. The number of hydrogen-bond acceptors (Lipinski definition) is 3. The molecule has 1 fully saturated rings. The normalized spacial score (nSPS) is 17.8. The Kier molecular flexibility index (Phi) is 6.28. The van der Waals surface area contributed by atoms with Crippen LogP contribution in [0.4, 0.5) is 0 Å². The highest BCUT2D eigenvalue weighted by atomic mass is 35.5. The van der Waals surface area contributed by atoms with Gasteiger partial charge in [0.05, 0.1) is 5.02 Å². The van der Waals surface area contributed by atoms with Gasteiger partial charge < -0.3 is 5.32 Å². The van der Waals surface area contributed by atoms with Crippen molar-refractivity contribution in [3.8, 4) is 0 Å². The average molecular weight is 339 g/mol. The number of rotatable bonds is 3. The zero-order chi connectivity index (χ0) is 14.0. The number of halogens is 2. The van der Waals surface area contributed by atoms with Crippen LogP contribution in [0.5, 0.6) is 0 Å². The zero-order valence-corrected chi connectivity index (χ0v) is 14.0. The second kappa shape index (κ2) is 7.09. The Morgan fingerprint density at radius 2 is 1.90 bits per heavy atom. The lowest BCUT2D eigenvalue weighted by Crippen LogP contribution is -2.43. The number of benzene rings is 1. The highest BCUT2D eigenvalue weighted by molar-refractivity contribution is 7.89. The summed E-state index contributed by atoms with van der Waals surface area (Å²) in [6.07, 6.45) is 1.67. The van der Waals surface area contributed by atoms with E-state index in [1.807, 2.05) is 14.0 Å². The molecule has 1 saturated heterocycles. The molecule has 114 valence electrons. The van der Waals surface area contributed by atoms with Gasteiger partial charge in [-0.15, -0.1) is 12.4 Å². The minimum absolute atomic E-state index is 0. The van der Waals surface area contributed by atoms with Crippen molar-refractivity contribution in [1.82, 2.24) is 9.62 Å². The van der Waals surface area contributed by atoms with Crippen LogP contribution < -0.4 is 5.32 Å². The molecule has 0 atom stereocenters. The first-order valence-electron chi connectivity index (χ1n) is 6.38. The molecule has 1 heterocycles. The summed E-state index contributed by atoms with van der Waals surface area (Å²) in [6, 6.07) is 5.46. The van der Waals surface area contributed by atoms with Gasteiger partial charge in [-0.3, -0.25) is 0 Å². The minimum atomic E-state index is -3.47. The molecular weight excluding hydrogens is 319 g/mol. The molecule has 0 amide bonds. The lowest BCUT2D eigenvalue weighted by molar-refractivity contribution is 0.298. The van der Waals surface area contributed by atoms with Crippen LogP contribution in [-0.4, -0.2) is 38.9 Å². The minimum Gasteiger partial charge on any atom is -0.317 e. The van der Waals surface area contributed by atoms with Crippen molar-refractivity contribution in [3.05, 3.63) is 28.8 Å². The Bertz CT molecular complexity index is 555. The van der Waals surface area contributed by atoms with E-state index in [1.165, 1.54) is 4.31 Å². The second-order valence-corrected chi connectivity index (χ2v) is 7.21. The van der Waals surface area contributed by atoms with E-state index < -0.39 is 10.0 Å². The Labute approximate surface area is 132 Å².